The summed E-state index contributed by atoms with van der Waals surface area (Å²) in [6.45, 7) is 3.07. The Kier molecular flexibility index (Phi) is 5.39. The fraction of sp³-hybridized carbons (Fsp3) is 0.231. The highest BCUT2D eigenvalue weighted by Gasteiger charge is 2.24. The summed E-state index contributed by atoms with van der Waals surface area (Å²) >= 11 is 11.9. The van der Waals surface area contributed by atoms with Crippen molar-refractivity contribution in [3.63, 3.8) is 0 Å². The van der Waals surface area contributed by atoms with Gasteiger partial charge in [0.25, 0.3) is 0 Å². The third kappa shape index (κ3) is 3.49. The van der Waals surface area contributed by atoms with Crippen LogP contribution >= 0.6 is 23.2 Å². The minimum absolute atomic E-state index is 0.138. The lowest BCUT2D eigenvalue weighted by Gasteiger charge is -2.12. The maximum atomic E-state index is 11.8. The molecule has 0 fully saturated rings. The molecule has 0 heterocycles. The van der Waals surface area contributed by atoms with E-state index < -0.39 is 5.97 Å². The molecule has 102 valence electrons. The van der Waals surface area contributed by atoms with Gasteiger partial charge in [0.2, 0.25) is 0 Å². The number of allylic oxidation sites excluding steroid dienone is 1. The molecule has 0 aromatic heterocycles. The van der Waals surface area contributed by atoms with Gasteiger partial charge in [-0.2, -0.15) is 0 Å². The van der Waals surface area contributed by atoms with E-state index in [2.05, 4.69) is 0 Å². The maximum absolute atomic E-state index is 11.8. The fourth-order valence-corrected chi connectivity index (χ4v) is 2.08. The molecule has 1 rings (SSSR count). The molecular formula is C13H13Cl2NO3. The molecule has 0 atom stereocenters. The molecule has 0 bridgehead atoms. The Balaban J connectivity index is 3.31. The van der Waals surface area contributed by atoms with Gasteiger partial charge in [-0.3, -0.25) is 5.41 Å². The molecule has 0 aliphatic carbocycles. The Morgan fingerprint density at radius 2 is 1.89 bits per heavy atom. The van der Waals surface area contributed by atoms with Crippen molar-refractivity contribution in [2.45, 2.75) is 13.8 Å². The first kappa shape index (κ1) is 15.5. The van der Waals surface area contributed by atoms with Crippen molar-refractivity contribution in [2.24, 2.45) is 0 Å². The lowest BCUT2D eigenvalue weighted by atomic mass is 10.0. The fourth-order valence-electron chi connectivity index (χ4n) is 1.50. The van der Waals surface area contributed by atoms with E-state index >= 15 is 0 Å². The van der Waals surface area contributed by atoms with Crippen LogP contribution in [0.25, 0.3) is 0 Å². The van der Waals surface area contributed by atoms with Crippen LogP contribution in [0.4, 0.5) is 0 Å². The van der Waals surface area contributed by atoms with Crippen molar-refractivity contribution >= 4 is 34.9 Å². The maximum Gasteiger partial charge on any atom is 0.343 e. The number of nitrogens with one attached hydrogen (secondary N) is 1. The highest BCUT2D eigenvalue weighted by Crippen LogP contribution is 2.27. The van der Waals surface area contributed by atoms with Crippen LogP contribution in [0.1, 0.15) is 19.4 Å². The first-order valence-corrected chi connectivity index (χ1v) is 6.26. The zero-order valence-corrected chi connectivity index (χ0v) is 12.0. The summed E-state index contributed by atoms with van der Waals surface area (Å²) < 4.78 is 4.80. The summed E-state index contributed by atoms with van der Waals surface area (Å²) in [5.41, 5.74) is -0.340. The smallest absolute Gasteiger partial charge is 0.343 e. The zero-order valence-electron chi connectivity index (χ0n) is 10.5. The van der Waals surface area contributed by atoms with Gasteiger partial charge in [0.1, 0.15) is 11.3 Å². The quantitative estimate of drug-likeness (QED) is 0.385. The summed E-state index contributed by atoms with van der Waals surface area (Å²) in [6, 6.07) is 4.72. The molecule has 1 aromatic rings. The highest BCUT2D eigenvalue weighted by atomic mass is 35.5. The summed E-state index contributed by atoms with van der Waals surface area (Å²) in [6.07, 6.45) is 0. The van der Waals surface area contributed by atoms with Gasteiger partial charge in [-0.25, -0.2) is 4.79 Å². The number of ether oxygens (including phenoxy) is 1. The number of hydrogen-bond donors (Lipinski definition) is 2. The average Bonchev–Trinajstić information content (AvgIpc) is 2.28. The van der Waals surface area contributed by atoms with E-state index in [1.807, 2.05) is 0 Å². The molecule has 19 heavy (non-hydrogen) atoms. The second kappa shape index (κ2) is 6.59. The van der Waals surface area contributed by atoms with Crippen molar-refractivity contribution in [1.82, 2.24) is 0 Å². The van der Waals surface area contributed by atoms with E-state index in [9.17, 15) is 9.90 Å². The van der Waals surface area contributed by atoms with E-state index in [1.54, 1.807) is 25.1 Å². The second-order valence-electron chi connectivity index (χ2n) is 3.65. The molecule has 6 heteroatoms. The molecule has 2 N–H and O–H groups in total. The molecule has 0 aliphatic rings. The van der Waals surface area contributed by atoms with Crippen molar-refractivity contribution in [1.29, 1.82) is 5.41 Å². The van der Waals surface area contributed by atoms with Gasteiger partial charge >= 0.3 is 5.97 Å². The Labute approximate surface area is 121 Å². The normalized spacial score (nSPS) is 11.8. The largest absolute Gasteiger partial charge is 0.512 e. The first-order valence-electron chi connectivity index (χ1n) is 5.50. The standard InChI is InChI=1S/C13H13Cl2NO3/c1-3-19-13(18)10(7(2)17)12(16)11-8(14)5-4-6-9(11)15/h4-6,16-17H,3H2,1-2H3/b10-7+,16-12?. The number of carbonyl (C=O) groups is 1. The molecular weight excluding hydrogens is 289 g/mol. The topological polar surface area (TPSA) is 70.4 Å². The summed E-state index contributed by atoms with van der Waals surface area (Å²) in [7, 11) is 0. The van der Waals surface area contributed by atoms with Crippen LogP contribution in [0.3, 0.4) is 0 Å². The van der Waals surface area contributed by atoms with E-state index in [0.717, 1.165) is 0 Å². The van der Waals surface area contributed by atoms with Gasteiger partial charge in [0.05, 0.1) is 22.4 Å². The second-order valence-corrected chi connectivity index (χ2v) is 4.47. The predicted molar refractivity (Wildman–Crippen MR) is 75.3 cm³/mol. The van der Waals surface area contributed by atoms with Gasteiger partial charge in [-0.05, 0) is 26.0 Å². The van der Waals surface area contributed by atoms with Crippen LogP contribution in [0.2, 0.25) is 10.0 Å². The third-order valence-corrected chi connectivity index (χ3v) is 2.93. The number of halogens is 2. The van der Waals surface area contributed by atoms with E-state index in [0.29, 0.717) is 0 Å². The van der Waals surface area contributed by atoms with Gasteiger partial charge in [-0.15, -0.1) is 0 Å². The number of aliphatic hydroxyl groups excluding tert-OH is 1. The summed E-state index contributed by atoms with van der Waals surface area (Å²) in [5.74, 6) is -1.11. The lowest BCUT2D eigenvalue weighted by molar-refractivity contribution is -0.138. The number of rotatable bonds is 4. The number of esters is 1. The van der Waals surface area contributed by atoms with Gasteiger partial charge in [-0.1, -0.05) is 29.3 Å². The van der Waals surface area contributed by atoms with Crippen LogP contribution in [0.15, 0.2) is 29.5 Å². The van der Waals surface area contributed by atoms with E-state index in [4.69, 9.17) is 33.3 Å². The molecule has 0 saturated heterocycles. The van der Waals surface area contributed by atoms with Crippen molar-refractivity contribution in [3.05, 3.63) is 45.1 Å². The predicted octanol–water partition coefficient (Wildman–Crippen LogP) is 3.76. The molecule has 0 radical (unpaired) electrons. The van der Waals surface area contributed by atoms with E-state index in [-0.39, 0.29) is 39.3 Å². The Bertz CT molecular complexity index is 529. The van der Waals surface area contributed by atoms with Crippen LogP contribution in [0.5, 0.6) is 0 Å². The van der Waals surface area contributed by atoms with Crippen molar-refractivity contribution in [2.75, 3.05) is 6.61 Å². The Morgan fingerprint density at radius 3 is 2.32 bits per heavy atom. The number of benzene rings is 1. The van der Waals surface area contributed by atoms with Gasteiger partial charge in [0, 0.05) is 5.56 Å². The van der Waals surface area contributed by atoms with Crippen LogP contribution in [0, 0.1) is 5.41 Å². The molecule has 0 unspecified atom stereocenters. The minimum atomic E-state index is -0.788. The lowest BCUT2D eigenvalue weighted by Crippen LogP contribution is -2.18. The molecule has 0 spiro atoms. The molecule has 1 aromatic carbocycles. The molecule has 4 nitrogen and oxygen atoms in total. The van der Waals surface area contributed by atoms with Gasteiger partial charge in [0.15, 0.2) is 0 Å². The van der Waals surface area contributed by atoms with E-state index in [1.165, 1.54) is 6.92 Å². The number of hydrogen-bond acceptors (Lipinski definition) is 4. The third-order valence-electron chi connectivity index (χ3n) is 2.30. The molecule has 0 amide bonds. The van der Waals surface area contributed by atoms with Crippen LogP contribution in [-0.4, -0.2) is 23.4 Å². The zero-order chi connectivity index (χ0) is 14.6. The monoisotopic (exact) mass is 301 g/mol. The highest BCUT2D eigenvalue weighted by molar-refractivity contribution is 6.43. The minimum Gasteiger partial charge on any atom is -0.512 e. The Morgan fingerprint density at radius 1 is 1.37 bits per heavy atom. The first-order chi connectivity index (χ1) is 8.90. The SMILES string of the molecule is CCOC(=O)/C(C(=N)c1c(Cl)cccc1Cl)=C(\C)O. The van der Waals surface area contributed by atoms with Gasteiger partial charge < -0.3 is 9.84 Å². The number of carbonyl (C=O) groups excluding carboxylic acids is 1. The molecule has 0 saturated carbocycles. The van der Waals surface area contributed by atoms with Crippen molar-refractivity contribution in [3.8, 4) is 0 Å². The summed E-state index contributed by atoms with van der Waals surface area (Å²) in [5, 5.41) is 18.0. The van der Waals surface area contributed by atoms with Crippen molar-refractivity contribution < 1.29 is 14.6 Å². The molecule has 0 aliphatic heterocycles. The Hall–Kier alpha value is -1.52. The number of aliphatic hydroxyl groups is 1. The average molecular weight is 302 g/mol. The van der Waals surface area contributed by atoms with Crippen LogP contribution in [-0.2, 0) is 9.53 Å². The van der Waals surface area contributed by atoms with Crippen LogP contribution < -0.4 is 0 Å². The summed E-state index contributed by atoms with van der Waals surface area (Å²) in [4.78, 5) is 11.8.